The van der Waals surface area contributed by atoms with Crippen molar-refractivity contribution in [3.63, 3.8) is 0 Å². The number of benzene rings is 2. The zero-order valence-electron chi connectivity index (χ0n) is 17.1. The molecule has 2 heterocycles. The number of anilines is 3. The molecule has 0 aliphatic carbocycles. The molecule has 1 aliphatic rings. The first-order valence-corrected chi connectivity index (χ1v) is 10.7. The van der Waals surface area contributed by atoms with Crippen molar-refractivity contribution in [1.29, 1.82) is 0 Å². The van der Waals surface area contributed by atoms with E-state index in [9.17, 15) is 18.4 Å². The van der Waals surface area contributed by atoms with E-state index in [4.69, 9.17) is 12.2 Å². The van der Waals surface area contributed by atoms with Crippen LogP contribution in [0.15, 0.2) is 66.2 Å². The third kappa shape index (κ3) is 4.04. The highest BCUT2D eigenvalue weighted by atomic mass is 32.1. The molecule has 0 bridgehead atoms. The van der Waals surface area contributed by atoms with Crippen molar-refractivity contribution < 1.29 is 18.4 Å². The van der Waals surface area contributed by atoms with Gasteiger partial charge < -0.3 is 4.90 Å². The van der Waals surface area contributed by atoms with Crippen molar-refractivity contribution >= 4 is 62.9 Å². The van der Waals surface area contributed by atoms with Crippen LogP contribution in [0.3, 0.4) is 0 Å². The molecule has 5 nitrogen and oxygen atoms in total. The Morgan fingerprint density at radius 3 is 1.75 bits per heavy atom. The van der Waals surface area contributed by atoms with E-state index >= 15 is 0 Å². The smallest absolute Gasteiger partial charge is 0.265 e. The summed E-state index contributed by atoms with van der Waals surface area (Å²) in [7, 11) is 3.04. The van der Waals surface area contributed by atoms with Crippen molar-refractivity contribution in [1.82, 2.24) is 9.80 Å². The van der Waals surface area contributed by atoms with Gasteiger partial charge in [-0.05, 0) is 79.0 Å². The average Bonchev–Trinajstić information content (AvgIpc) is 3.25. The van der Waals surface area contributed by atoms with Crippen molar-refractivity contribution in [2.45, 2.75) is 0 Å². The van der Waals surface area contributed by atoms with E-state index < -0.39 is 11.8 Å². The Morgan fingerprint density at radius 2 is 1.28 bits per heavy atom. The minimum absolute atomic E-state index is 0.00659. The summed E-state index contributed by atoms with van der Waals surface area (Å²) in [6, 6.07) is 15.5. The fourth-order valence-corrected chi connectivity index (χ4v) is 4.40. The van der Waals surface area contributed by atoms with Crippen molar-refractivity contribution in [3.05, 3.63) is 82.7 Å². The van der Waals surface area contributed by atoms with Gasteiger partial charge in [0, 0.05) is 30.3 Å². The minimum Gasteiger partial charge on any atom is -0.302 e. The van der Waals surface area contributed by atoms with E-state index in [-0.39, 0.29) is 22.3 Å². The molecule has 2 aromatic carbocycles. The molecule has 0 spiro atoms. The number of halogens is 2. The first kappa shape index (κ1) is 21.8. The molecule has 0 radical (unpaired) electrons. The summed E-state index contributed by atoms with van der Waals surface area (Å²) in [5.41, 5.74) is 1.36. The van der Waals surface area contributed by atoms with E-state index in [0.29, 0.717) is 16.3 Å². The van der Waals surface area contributed by atoms with Crippen LogP contribution in [-0.4, -0.2) is 40.8 Å². The number of rotatable bonds is 4. The number of carbonyl (C=O) groups excluding carboxylic acids is 2. The second-order valence-corrected chi connectivity index (χ2v) is 8.49. The lowest BCUT2D eigenvalue weighted by molar-refractivity contribution is -0.132. The van der Waals surface area contributed by atoms with Crippen LogP contribution >= 0.6 is 23.6 Å². The first-order chi connectivity index (χ1) is 15.3. The highest BCUT2D eigenvalue weighted by Crippen LogP contribution is 2.39. The average molecular weight is 470 g/mol. The number of amides is 2. The summed E-state index contributed by atoms with van der Waals surface area (Å²) in [5.74, 6) is -1.68. The van der Waals surface area contributed by atoms with Gasteiger partial charge in [0.15, 0.2) is 5.11 Å². The molecule has 4 rings (SSSR count). The first-order valence-electron chi connectivity index (χ1n) is 9.49. The standard InChI is InChI=1S/C23H17F2N3O2S2/c1-26-21(29)19(22(30)27(2)23(26)31)13-18-11-12-20(32-18)28(16-7-3-14(24)4-8-16)17-9-5-15(25)6-10-17/h3-13H,1-2H3. The normalized spacial score (nSPS) is 14.2. The predicted octanol–water partition coefficient (Wildman–Crippen LogP) is 5.09. The van der Waals surface area contributed by atoms with E-state index in [0.717, 1.165) is 5.00 Å². The Hall–Kier alpha value is -3.43. The number of thiocarbonyl (C=S) groups is 1. The molecule has 1 fully saturated rings. The Morgan fingerprint density at radius 1 is 0.812 bits per heavy atom. The summed E-state index contributed by atoms with van der Waals surface area (Å²) >= 11 is 6.44. The van der Waals surface area contributed by atoms with Gasteiger partial charge in [0.2, 0.25) is 0 Å². The van der Waals surface area contributed by atoms with Crippen molar-refractivity contribution in [2.75, 3.05) is 19.0 Å². The molecule has 0 unspecified atom stereocenters. The molecule has 9 heteroatoms. The Balaban J connectivity index is 1.75. The monoisotopic (exact) mass is 469 g/mol. The van der Waals surface area contributed by atoms with Gasteiger partial charge in [0.05, 0.1) is 0 Å². The summed E-state index contributed by atoms with van der Waals surface area (Å²) < 4.78 is 27.0. The Kier molecular flexibility index (Phi) is 5.86. The SMILES string of the molecule is CN1C(=O)C(=Cc2ccc(N(c3ccc(F)cc3)c3ccc(F)cc3)s2)C(=O)N(C)C1=S. The van der Waals surface area contributed by atoms with Crippen LogP contribution in [0, 0.1) is 11.6 Å². The fourth-order valence-electron chi connectivity index (χ4n) is 3.24. The quantitative estimate of drug-likeness (QED) is 0.303. The number of carbonyl (C=O) groups is 2. The maximum Gasteiger partial charge on any atom is 0.265 e. The Labute approximate surface area is 192 Å². The van der Waals surface area contributed by atoms with Crippen LogP contribution in [0.1, 0.15) is 4.88 Å². The lowest BCUT2D eigenvalue weighted by atomic mass is 10.1. The lowest BCUT2D eigenvalue weighted by Gasteiger charge is -2.31. The number of hydrogen-bond acceptors (Lipinski definition) is 5. The summed E-state index contributed by atoms with van der Waals surface area (Å²) in [5, 5.41) is 0.880. The zero-order valence-corrected chi connectivity index (χ0v) is 18.7. The van der Waals surface area contributed by atoms with Crippen LogP contribution in [0.25, 0.3) is 6.08 Å². The van der Waals surface area contributed by atoms with Gasteiger partial charge in [-0.1, -0.05) is 0 Å². The zero-order chi connectivity index (χ0) is 23.0. The van der Waals surface area contributed by atoms with Crippen LogP contribution in [-0.2, 0) is 9.59 Å². The minimum atomic E-state index is -0.470. The second-order valence-electron chi connectivity index (χ2n) is 7.03. The van der Waals surface area contributed by atoms with Gasteiger partial charge >= 0.3 is 0 Å². The van der Waals surface area contributed by atoms with Gasteiger partial charge in [-0.2, -0.15) is 0 Å². The highest BCUT2D eigenvalue weighted by Gasteiger charge is 2.35. The molecule has 1 aromatic heterocycles. The number of nitrogens with zero attached hydrogens (tertiary/aromatic N) is 3. The third-order valence-electron chi connectivity index (χ3n) is 4.93. The lowest BCUT2D eigenvalue weighted by Crippen LogP contribution is -2.52. The predicted molar refractivity (Wildman–Crippen MR) is 125 cm³/mol. The summed E-state index contributed by atoms with van der Waals surface area (Å²) in [6.45, 7) is 0. The van der Waals surface area contributed by atoms with Gasteiger partial charge in [-0.25, -0.2) is 8.78 Å². The molecule has 1 aliphatic heterocycles. The summed E-state index contributed by atoms with van der Waals surface area (Å²) in [6.07, 6.45) is 1.53. The number of thiophene rings is 1. The molecule has 32 heavy (non-hydrogen) atoms. The van der Waals surface area contributed by atoms with Gasteiger partial charge in [0.1, 0.15) is 22.2 Å². The summed E-state index contributed by atoms with van der Waals surface area (Å²) in [4.78, 5) is 30.2. The van der Waals surface area contributed by atoms with E-state index in [1.165, 1.54) is 65.6 Å². The highest BCUT2D eigenvalue weighted by molar-refractivity contribution is 7.80. The van der Waals surface area contributed by atoms with E-state index in [1.807, 2.05) is 11.0 Å². The van der Waals surface area contributed by atoms with Gasteiger partial charge in [-0.15, -0.1) is 11.3 Å². The maximum absolute atomic E-state index is 13.5. The molecule has 1 saturated heterocycles. The molecular formula is C23H17F2N3O2S2. The second kappa shape index (κ2) is 8.60. The molecule has 162 valence electrons. The molecule has 2 amide bonds. The molecule has 3 aromatic rings. The number of hydrogen-bond donors (Lipinski definition) is 0. The van der Waals surface area contributed by atoms with Gasteiger partial charge in [0.25, 0.3) is 11.8 Å². The fraction of sp³-hybridized carbons (Fsp3) is 0.0870. The molecule has 0 saturated carbocycles. The Bertz CT molecular complexity index is 1170. The third-order valence-corrected chi connectivity index (χ3v) is 6.50. The van der Waals surface area contributed by atoms with Crippen LogP contribution in [0.2, 0.25) is 0 Å². The molecular weight excluding hydrogens is 452 g/mol. The van der Waals surface area contributed by atoms with Crippen LogP contribution in [0.4, 0.5) is 25.2 Å². The van der Waals surface area contributed by atoms with E-state index in [2.05, 4.69) is 0 Å². The maximum atomic E-state index is 13.5. The van der Waals surface area contributed by atoms with Crippen LogP contribution < -0.4 is 4.90 Å². The number of likely N-dealkylation sites (N-methyl/N-ethyl adjacent to an activating group) is 2. The van der Waals surface area contributed by atoms with Crippen LogP contribution in [0.5, 0.6) is 0 Å². The topological polar surface area (TPSA) is 43.9 Å². The molecule has 0 N–H and O–H groups in total. The molecule has 0 atom stereocenters. The van der Waals surface area contributed by atoms with Crippen molar-refractivity contribution in [2.24, 2.45) is 0 Å². The largest absolute Gasteiger partial charge is 0.302 e. The van der Waals surface area contributed by atoms with E-state index in [1.54, 1.807) is 30.3 Å². The van der Waals surface area contributed by atoms with Gasteiger partial charge in [-0.3, -0.25) is 19.4 Å². The van der Waals surface area contributed by atoms with Crippen molar-refractivity contribution in [3.8, 4) is 0 Å².